The molecule has 2 rings (SSSR count). The summed E-state index contributed by atoms with van der Waals surface area (Å²) in [4.78, 5) is 4.45. The summed E-state index contributed by atoms with van der Waals surface area (Å²) in [5.41, 5.74) is 2.98. The van der Waals surface area contributed by atoms with Crippen molar-refractivity contribution in [2.45, 2.75) is 26.8 Å². The third kappa shape index (κ3) is 5.65. The molecule has 2 aromatic carbocycles. The first-order chi connectivity index (χ1) is 12.5. The fraction of sp³-hybridized carbons (Fsp3) is 0.350. The van der Waals surface area contributed by atoms with Gasteiger partial charge in [0.15, 0.2) is 17.5 Å². The number of phenols is 1. The van der Waals surface area contributed by atoms with Crippen molar-refractivity contribution < 1.29 is 14.2 Å². The summed E-state index contributed by atoms with van der Waals surface area (Å²) >= 11 is 0. The van der Waals surface area contributed by atoms with Crippen LogP contribution in [0.15, 0.2) is 41.4 Å². The third-order valence-electron chi connectivity index (χ3n) is 3.95. The Bertz CT molecular complexity index is 763. The van der Waals surface area contributed by atoms with Crippen molar-refractivity contribution in [1.82, 2.24) is 10.6 Å². The number of halogens is 1. The molecule has 140 valence electrons. The first kappa shape index (κ1) is 19.6. The Labute approximate surface area is 153 Å². The average molecular weight is 359 g/mol. The Hall–Kier alpha value is -2.76. The standard InChI is InChI=1S/C20H26FN3O2/c1-4-22-20(24-13-16-7-8-18(25)17(21)11-16)23-10-9-15-6-5-14(2)19(12-15)26-3/h5-8,11-12,25H,4,9-10,13H2,1-3H3,(H2,22,23,24). The van der Waals surface area contributed by atoms with Crippen molar-refractivity contribution in [3.8, 4) is 11.5 Å². The maximum atomic E-state index is 13.4. The molecule has 0 heterocycles. The monoisotopic (exact) mass is 359 g/mol. The number of guanidine groups is 1. The van der Waals surface area contributed by atoms with E-state index in [1.54, 1.807) is 13.2 Å². The molecule has 0 fully saturated rings. The minimum atomic E-state index is -0.635. The zero-order valence-corrected chi connectivity index (χ0v) is 15.5. The van der Waals surface area contributed by atoms with Crippen LogP contribution in [0.4, 0.5) is 4.39 Å². The third-order valence-corrected chi connectivity index (χ3v) is 3.95. The molecule has 3 N–H and O–H groups in total. The van der Waals surface area contributed by atoms with Gasteiger partial charge in [0.25, 0.3) is 0 Å². The largest absolute Gasteiger partial charge is 0.505 e. The molecule has 6 heteroatoms. The van der Waals surface area contributed by atoms with Crippen molar-refractivity contribution in [1.29, 1.82) is 0 Å². The number of benzene rings is 2. The van der Waals surface area contributed by atoms with E-state index in [1.807, 2.05) is 26.0 Å². The Morgan fingerprint density at radius 2 is 1.92 bits per heavy atom. The molecule has 0 unspecified atom stereocenters. The van der Waals surface area contributed by atoms with E-state index in [4.69, 9.17) is 4.74 Å². The van der Waals surface area contributed by atoms with Gasteiger partial charge in [-0.1, -0.05) is 18.2 Å². The van der Waals surface area contributed by atoms with E-state index in [1.165, 1.54) is 17.7 Å². The predicted octanol–water partition coefficient (Wildman–Crippen LogP) is 3.15. The molecule has 0 saturated carbocycles. The molecule has 0 spiro atoms. The van der Waals surface area contributed by atoms with Crippen molar-refractivity contribution in [2.24, 2.45) is 4.99 Å². The summed E-state index contributed by atoms with van der Waals surface area (Å²) < 4.78 is 18.7. The summed E-state index contributed by atoms with van der Waals surface area (Å²) in [6.07, 6.45) is 0.828. The van der Waals surface area contributed by atoms with E-state index < -0.39 is 5.82 Å². The first-order valence-corrected chi connectivity index (χ1v) is 8.66. The Morgan fingerprint density at radius 3 is 2.62 bits per heavy atom. The number of nitrogens with one attached hydrogen (secondary N) is 2. The normalized spacial score (nSPS) is 11.3. The number of rotatable bonds is 7. The molecule has 0 atom stereocenters. The summed E-state index contributed by atoms with van der Waals surface area (Å²) in [7, 11) is 1.67. The van der Waals surface area contributed by atoms with Crippen LogP contribution in [-0.2, 0) is 13.0 Å². The Kier molecular flexibility index (Phi) is 7.26. The number of aliphatic imine (C=N–C) groups is 1. The van der Waals surface area contributed by atoms with Gasteiger partial charge in [0, 0.05) is 13.1 Å². The van der Waals surface area contributed by atoms with Crippen LogP contribution in [0.2, 0.25) is 0 Å². The van der Waals surface area contributed by atoms with Crippen LogP contribution in [0.1, 0.15) is 23.6 Å². The van der Waals surface area contributed by atoms with E-state index in [9.17, 15) is 9.50 Å². The first-order valence-electron chi connectivity index (χ1n) is 8.66. The second kappa shape index (κ2) is 9.65. The van der Waals surface area contributed by atoms with Crippen LogP contribution >= 0.6 is 0 Å². The minimum Gasteiger partial charge on any atom is -0.505 e. The predicted molar refractivity (Wildman–Crippen MR) is 102 cm³/mol. The van der Waals surface area contributed by atoms with Crippen LogP contribution in [0, 0.1) is 12.7 Å². The average Bonchev–Trinajstić information content (AvgIpc) is 2.63. The molecule has 0 radical (unpaired) electrons. The molecule has 0 amide bonds. The molecule has 0 aromatic heterocycles. The smallest absolute Gasteiger partial charge is 0.191 e. The van der Waals surface area contributed by atoms with Gasteiger partial charge in [0.1, 0.15) is 5.75 Å². The Balaban J connectivity index is 1.93. The van der Waals surface area contributed by atoms with Crippen LogP contribution < -0.4 is 15.4 Å². The molecule has 26 heavy (non-hydrogen) atoms. The van der Waals surface area contributed by atoms with E-state index in [-0.39, 0.29) is 5.75 Å². The van der Waals surface area contributed by atoms with Gasteiger partial charge >= 0.3 is 0 Å². The molecule has 0 aliphatic carbocycles. The van der Waals surface area contributed by atoms with Gasteiger partial charge < -0.3 is 20.5 Å². The van der Waals surface area contributed by atoms with Crippen molar-refractivity contribution in [3.63, 3.8) is 0 Å². The van der Waals surface area contributed by atoms with Crippen molar-refractivity contribution in [3.05, 3.63) is 58.9 Å². The van der Waals surface area contributed by atoms with Gasteiger partial charge in [-0.05, 0) is 55.2 Å². The lowest BCUT2D eigenvalue weighted by atomic mass is 10.1. The van der Waals surface area contributed by atoms with Crippen LogP contribution in [0.5, 0.6) is 11.5 Å². The van der Waals surface area contributed by atoms with E-state index in [0.717, 1.165) is 24.3 Å². The zero-order valence-electron chi connectivity index (χ0n) is 15.5. The zero-order chi connectivity index (χ0) is 18.9. The number of hydrogen-bond donors (Lipinski definition) is 3. The van der Waals surface area contributed by atoms with Crippen LogP contribution in [-0.4, -0.2) is 31.3 Å². The summed E-state index contributed by atoms with van der Waals surface area (Å²) in [5, 5.41) is 15.7. The number of phenolic OH excluding ortho intramolecular Hbond substituents is 1. The molecule has 0 aliphatic heterocycles. The molecule has 2 aromatic rings. The SMILES string of the molecule is CCNC(=NCc1ccc(O)c(F)c1)NCCc1ccc(C)c(OC)c1. The summed E-state index contributed by atoms with van der Waals surface area (Å²) in [6.45, 7) is 5.77. The van der Waals surface area contributed by atoms with Gasteiger partial charge in [-0.25, -0.2) is 9.38 Å². The van der Waals surface area contributed by atoms with Gasteiger partial charge in [-0.3, -0.25) is 0 Å². The number of ether oxygens (including phenoxy) is 1. The molecular weight excluding hydrogens is 333 g/mol. The van der Waals surface area contributed by atoms with Crippen LogP contribution in [0.3, 0.4) is 0 Å². The quantitative estimate of drug-likeness (QED) is 0.525. The highest BCUT2D eigenvalue weighted by Gasteiger charge is 2.04. The number of methoxy groups -OCH3 is 1. The minimum absolute atomic E-state index is 0.324. The maximum absolute atomic E-state index is 13.4. The number of aryl methyl sites for hydroxylation is 1. The lowest BCUT2D eigenvalue weighted by Crippen LogP contribution is -2.38. The second-order valence-electron chi connectivity index (χ2n) is 5.96. The topological polar surface area (TPSA) is 65.9 Å². The molecular formula is C20H26FN3O2. The van der Waals surface area contributed by atoms with Crippen molar-refractivity contribution in [2.75, 3.05) is 20.2 Å². The molecule has 0 saturated heterocycles. The Morgan fingerprint density at radius 1 is 1.15 bits per heavy atom. The molecule has 0 aliphatic rings. The lowest BCUT2D eigenvalue weighted by Gasteiger charge is -2.12. The van der Waals surface area contributed by atoms with Crippen LogP contribution in [0.25, 0.3) is 0 Å². The maximum Gasteiger partial charge on any atom is 0.191 e. The molecule has 0 bridgehead atoms. The number of nitrogens with zero attached hydrogens (tertiary/aromatic N) is 1. The lowest BCUT2D eigenvalue weighted by molar-refractivity contribution is 0.411. The van der Waals surface area contributed by atoms with E-state index in [0.29, 0.717) is 24.6 Å². The van der Waals surface area contributed by atoms with Gasteiger partial charge in [0.2, 0.25) is 0 Å². The highest BCUT2D eigenvalue weighted by Crippen LogP contribution is 2.19. The number of aromatic hydroxyl groups is 1. The van der Waals surface area contributed by atoms with Gasteiger partial charge in [-0.2, -0.15) is 0 Å². The van der Waals surface area contributed by atoms with E-state index in [2.05, 4.69) is 21.7 Å². The fourth-order valence-corrected chi connectivity index (χ4v) is 2.51. The number of hydrogen-bond acceptors (Lipinski definition) is 3. The fourth-order valence-electron chi connectivity index (χ4n) is 2.51. The van der Waals surface area contributed by atoms with Gasteiger partial charge in [-0.15, -0.1) is 0 Å². The van der Waals surface area contributed by atoms with E-state index >= 15 is 0 Å². The van der Waals surface area contributed by atoms with Gasteiger partial charge in [0.05, 0.1) is 13.7 Å². The summed E-state index contributed by atoms with van der Waals surface area (Å²) in [6, 6.07) is 10.5. The highest BCUT2D eigenvalue weighted by atomic mass is 19.1. The molecule has 5 nitrogen and oxygen atoms in total. The highest BCUT2D eigenvalue weighted by molar-refractivity contribution is 5.79. The summed E-state index contributed by atoms with van der Waals surface area (Å²) in [5.74, 6) is 0.567. The second-order valence-corrected chi connectivity index (χ2v) is 5.96. The van der Waals surface area contributed by atoms with Crippen molar-refractivity contribution >= 4 is 5.96 Å².